The summed E-state index contributed by atoms with van der Waals surface area (Å²) in [5.41, 5.74) is 0. The molecule has 0 bridgehead atoms. The third-order valence-electron chi connectivity index (χ3n) is 4.74. The highest BCUT2D eigenvalue weighted by Crippen LogP contribution is 2.36. The zero-order valence-electron chi connectivity index (χ0n) is 12.4. The topological polar surface area (TPSA) is 67.8 Å². The van der Waals surface area contributed by atoms with Crippen molar-refractivity contribution in [1.29, 1.82) is 0 Å². The van der Waals surface area contributed by atoms with Crippen molar-refractivity contribution in [3.63, 3.8) is 0 Å². The first-order valence-electron chi connectivity index (χ1n) is 7.88. The summed E-state index contributed by atoms with van der Waals surface area (Å²) >= 11 is 0. The molecule has 0 radical (unpaired) electrons. The van der Waals surface area contributed by atoms with Gasteiger partial charge in [0.25, 0.3) is 0 Å². The highest BCUT2D eigenvalue weighted by molar-refractivity contribution is 5.75. The first-order chi connectivity index (χ1) is 10.8. The fourth-order valence-electron chi connectivity index (χ4n) is 3.60. The van der Waals surface area contributed by atoms with Crippen LogP contribution in [0.4, 0.5) is 5.95 Å². The molecule has 1 aromatic heterocycles. The van der Waals surface area contributed by atoms with Crippen LogP contribution in [0.1, 0.15) is 12.8 Å². The Morgan fingerprint density at radius 1 is 1.32 bits per heavy atom. The lowest BCUT2D eigenvalue weighted by atomic mass is 9.90. The average Bonchev–Trinajstić information content (AvgIpc) is 3.26. The average molecular weight is 304 g/mol. The summed E-state index contributed by atoms with van der Waals surface area (Å²) in [5.74, 6) is 1.46. The normalized spacial score (nSPS) is 30.8. The SMILES string of the molecule is O=C(C[C@H]1CO[C@@H]2CN(c3ncccn3)C[C@H]12)N1CCCO1. The highest BCUT2D eigenvalue weighted by Gasteiger charge is 2.45. The fourth-order valence-corrected chi connectivity index (χ4v) is 3.60. The number of anilines is 1. The Labute approximate surface area is 129 Å². The summed E-state index contributed by atoms with van der Waals surface area (Å²) in [5, 5.41) is 1.51. The molecule has 0 spiro atoms. The van der Waals surface area contributed by atoms with Gasteiger partial charge in [0, 0.05) is 37.8 Å². The number of hydrogen-bond donors (Lipinski definition) is 0. The summed E-state index contributed by atoms with van der Waals surface area (Å²) in [6.07, 6.45) is 5.12. The van der Waals surface area contributed by atoms with E-state index in [-0.39, 0.29) is 17.9 Å². The number of ether oxygens (including phenoxy) is 1. The number of aromatic nitrogens is 2. The van der Waals surface area contributed by atoms with Crippen molar-refractivity contribution in [3.05, 3.63) is 18.5 Å². The Balaban J connectivity index is 1.39. The van der Waals surface area contributed by atoms with Crippen LogP contribution in [-0.4, -0.2) is 59.9 Å². The lowest BCUT2D eigenvalue weighted by molar-refractivity contribution is -0.170. The predicted molar refractivity (Wildman–Crippen MR) is 77.9 cm³/mol. The second-order valence-corrected chi connectivity index (χ2v) is 6.14. The molecular formula is C15H20N4O3. The van der Waals surface area contributed by atoms with E-state index in [4.69, 9.17) is 9.57 Å². The highest BCUT2D eigenvalue weighted by atomic mass is 16.7. The van der Waals surface area contributed by atoms with Gasteiger partial charge in [-0.3, -0.25) is 9.63 Å². The molecular weight excluding hydrogens is 284 g/mol. The van der Waals surface area contributed by atoms with E-state index in [0.29, 0.717) is 32.1 Å². The van der Waals surface area contributed by atoms with Crippen LogP contribution in [0.2, 0.25) is 0 Å². The molecule has 0 aliphatic carbocycles. The van der Waals surface area contributed by atoms with Crippen molar-refractivity contribution in [2.75, 3.05) is 37.7 Å². The van der Waals surface area contributed by atoms with Gasteiger partial charge in [0.2, 0.25) is 11.9 Å². The van der Waals surface area contributed by atoms with Crippen LogP contribution in [0.15, 0.2) is 18.5 Å². The molecule has 1 aromatic rings. The molecule has 4 heterocycles. The largest absolute Gasteiger partial charge is 0.376 e. The molecule has 3 saturated heterocycles. The minimum absolute atomic E-state index is 0.0844. The lowest BCUT2D eigenvalue weighted by Crippen LogP contribution is -2.31. The van der Waals surface area contributed by atoms with Gasteiger partial charge in [-0.1, -0.05) is 0 Å². The third kappa shape index (κ3) is 2.55. The minimum Gasteiger partial charge on any atom is -0.376 e. The van der Waals surface area contributed by atoms with Crippen LogP contribution < -0.4 is 4.90 Å². The molecule has 3 aliphatic rings. The summed E-state index contributed by atoms with van der Waals surface area (Å²) in [6, 6.07) is 1.81. The van der Waals surface area contributed by atoms with Gasteiger partial charge < -0.3 is 9.64 Å². The van der Waals surface area contributed by atoms with Gasteiger partial charge in [-0.2, -0.15) is 0 Å². The van der Waals surface area contributed by atoms with Crippen molar-refractivity contribution >= 4 is 11.9 Å². The molecule has 0 unspecified atom stereocenters. The van der Waals surface area contributed by atoms with E-state index in [2.05, 4.69) is 14.9 Å². The van der Waals surface area contributed by atoms with Crippen molar-refractivity contribution in [3.8, 4) is 0 Å². The number of fused-ring (bicyclic) bond motifs is 1. The van der Waals surface area contributed by atoms with E-state index < -0.39 is 0 Å². The van der Waals surface area contributed by atoms with Crippen molar-refractivity contribution in [2.24, 2.45) is 11.8 Å². The number of carbonyl (C=O) groups excluding carboxylic acids is 1. The zero-order chi connectivity index (χ0) is 14.9. The molecule has 0 N–H and O–H groups in total. The molecule has 4 rings (SSSR count). The summed E-state index contributed by atoms with van der Waals surface area (Å²) in [6.45, 7) is 3.69. The van der Waals surface area contributed by atoms with Gasteiger partial charge >= 0.3 is 0 Å². The molecule has 1 amide bonds. The Morgan fingerprint density at radius 2 is 2.18 bits per heavy atom. The van der Waals surface area contributed by atoms with Crippen LogP contribution in [0.3, 0.4) is 0 Å². The summed E-state index contributed by atoms with van der Waals surface area (Å²) < 4.78 is 5.90. The van der Waals surface area contributed by atoms with E-state index in [1.54, 1.807) is 12.4 Å². The van der Waals surface area contributed by atoms with E-state index >= 15 is 0 Å². The van der Waals surface area contributed by atoms with E-state index in [1.807, 2.05) is 6.07 Å². The third-order valence-corrected chi connectivity index (χ3v) is 4.74. The number of amides is 1. The first kappa shape index (κ1) is 13.9. The Morgan fingerprint density at radius 3 is 2.95 bits per heavy atom. The fraction of sp³-hybridized carbons (Fsp3) is 0.667. The van der Waals surface area contributed by atoms with Gasteiger partial charge in [-0.25, -0.2) is 15.0 Å². The standard InChI is InChI=1S/C15H20N4O3/c20-14(19-5-2-6-22-19)7-11-10-21-13-9-18(8-12(11)13)15-16-3-1-4-17-15/h1,3-4,11-13H,2,5-10H2/t11-,12+,13+/m0/s1. The number of rotatable bonds is 3. The molecule has 118 valence electrons. The number of hydrogen-bond acceptors (Lipinski definition) is 6. The second kappa shape index (κ2) is 5.81. The quantitative estimate of drug-likeness (QED) is 0.809. The molecule has 3 aliphatic heterocycles. The van der Waals surface area contributed by atoms with Gasteiger partial charge in [-0.15, -0.1) is 0 Å². The number of nitrogens with zero attached hydrogens (tertiary/aromatic N) is 4. The Hall–Kier alpha value is -1.73. The van der Waals surface area contributed by atoms with E-state index in [1.165, 1.54) is 5.06 Å². The maximum atomic E-state index is 12.2. The van der Waals surface area contributed by atoms with Crippen LogP contribution in [0.5, 0.6) is 0 Å². The van der Waals surface area contributed by atoms with Gasteiger partial charge in [0.05, 0.1) is 25.9 Å². The molecule has 0 aromatic carbocycles. The van der Waals surface area contributed by atoms with Gasteiger partial charge in [0.15, 0.2) is 0 Å². The van der Waals surface area contributed by atoms with Gasteiger partial charge in [0.1, 0.15) is 0 Å². The van der Waals surface area contributed by atoms with Crippen LogP contribution in [-0.2, 0) is 14.4 Å². The number of carbonyl (C=O) groups is 1. The van der Waals surface area contributed by atoms with Crippen molar-refractivity contribution in [2.45, 2.75) is 18.9 Å². The summed E-state index contributed by atoms with van der Waals surface area (Å²) in [4.78, 5) is 28.3. The maximum Gasteiger partial charge on any atom is 0.246 e. The van der Waals surface area contributed by atoms with E-state index in [0.717, 1.165) is 25.5 Å². The van der Waals surface area contributed by atoms with Crippen molar-refractivity contribution in [1.82, 2.24) is 15.0 Å². The van der Waals surface area contributed by atoms with Crippen LogP contribution in [0.25, 0.3) is 0 Å². The first-order valence-corrected chi connectivity index (χ1v) is 7.88. The van der Waals surface area contributed by atoms with Crippen molar-refractivity contribution < 1.29 is 14.4 Å². The lowest BCUT2D eigenvalue weighted by Gasteiger charge is -2.21. The molecule has 7 heteroatoms. The van der Waals surface area contributed by atoms with E-state index in [9.17, 15) is 4.79 Å². The Bertz CT molecular complexity index is 535. The molecule has 3 atom stereocenters. The Kier molecular flexibility index (Phi) is 3.67. The van der Waals surface area contributed by atoms with Crippen LogP contribution in [0, 0.1) is 11.8 Å². The maximum absolute atomic E-state index is 12.2. The van der Waals surface area contributed by atoms with Crippen LogP contribution >= 0.6 is 0 Å². The smallest absolute Gasteiger partial charge is 0.246 e. The van der Waals surface area contributed by atoms with Gasteiger partial charge in [-0.05, 0) is 18.4 Å². The zero-order valence-corrected chi connectivity index (χ0v) is 12.4. The predicted octanol–water partition coefficient (Wildman–Crippen LogP) is 0.482. The minimum atomic E-state index is 0.0844. The molecule has 7 nitrogen and oxygen atoms in total. The number of hydroxylamine groups is 2. The molecule has 3 fully saturated rings. The second-order valence-electron chi connectivity index (χ2n) is 6.14. The molecule has 22 heavy (non-hydrogen) atoms. The monoisotopic (exact) mass is 304 g/mol. The molecule has 0 saturated carbocycles. The summed E-state index contributed by atoms with van der Waals surface area (Å²) in [7, 11) is 0.